The van der Waals surface area contributed by atoms with Crippen molar-refractivity contribution in [3.05, 3.63) is 24.3 Å². The third kappa shape index (κ3) is 5.18. The van der Waals surface area contributed by atoms with Gasteiger partial charge in [-0.25, -0.2) is 9.59 Å². The molecule has 0 heterocycles. The molecule has 0 unspecified atom stereocenters. The number of thioether (sulfide) groups is 1. The maximum Gasteiger partial charge on any atom is 0.326 e. The third-order valence-electron chi connectivity index (χ3n) is 2.91. The molecule has 0 aliphatic rings. The fourth-order valence-electron chi connectivity index (χ4n) is 1.82. The molecular formula is C14H20N2O4S. The molecule has 0 aromatic heterocycles. The highest BCUT2D eigenvalue weighted by Crippen LogP contribution is 2.20. The molecule has 7 heteroatoms. The number of aromatic hydroxyl groups is 1. The van der Waals surface area contributed by atoms with Crippen molar-refractivity contribution >= 4 is 29.4 Å². The molecule has 0 saturated carbocycles. The van der Waals surface area contributed by atoms with E-state index in [1.807, 2.05) is 6.26 Å². The minimum Gasteiger partial charge on any atom is -0.508 e. The number of urea groups is 1. The Morgan fingerprint density at radius 1 is 1.43 bits per heavy atom. The standard InChI is InChI=1S/C14H20N2O4S/c1-3-16(10-5-4-6-11(17)9-10)14(20)15-12(13(18)19)7-8-21-2/h4-6,9,12,17H,3,7-8H2,1-2H3,(H,15,20)(H,18,19)/t12-/m0/s1. The Balaban J connectivity index is 2.80. The van der Waals surface area contributed by atoms with Crippen LogP contribution in [0.2, 0.25) is 0 Å². The number of hydrogen-bond donors (Lipinski definition) is 3. The van der Waals surface area contributed by atoms with Crippen LogP contribution in [0.15, 0.2) is 24.3 Å². The van der Waals surface area contributed by atoms with Gasteiger partial charge in [0.05, 0.1) is 0 Å². The molecule has 1 aromatic carbocycles. The van der Waals surface area contributed by atoms with Crippen LogP contribution in [0, 0.1) is 0 Å². The molecule has 0 bridgehead atoms. The number of amides is 2. The number of hydrogen-bond acceptors (Lipinski definition) is 4. The summed E-state index contributed by atoms with van der Waals surface area (Å²) in [7, 11) is 0. The zero-order chi connectivity index (χ0) is 15.8. The predicted octanol–water partition coefficient (Wildman–Crippen LogP) is 2.13. The van der Waals surface area contributed by atoms with Gasteiger partial charge < -0.3 is 15.5 Å². The average Bonchev–Trinajstić information content (AvgIpc) is 2.44. The first-order valence-electron chi connectivity index (χ1n) is 6.58. The Bertz CT molecular complexity index is 496. The molecule has 1 atom stereocenters. The number of carbonyl (C=O) groups excluding carboxylic acids is 1. The van der Waals surface area contributed by atoms with Crippen molar-refractivity contribution in [2.75, 3.05) is 23.5 Å². The molecule has 21 heavy (non-hydrogen) atoms. The monoisotopic (exact) mass is 312 g/mol. The molecule has 116 valence electrons. The summed E-state index contributed by atoms with van der Waals surface area (Å²) in [5, 5.41) is 21.1. The van der Waals surface area contributed by atoms with Gasteiger partial charge in [-0.3, -0.25) is 4.90 Å². The van der Waals surface area contributed by atoms with Gasteiger partial charge in [0.2, 0.25) is 0 Å². The Morgan fingerprint density at radius 3 is 2.67 bits per heavy atom. The lowest BCUT2D eigenvalue weighted by Crippen LogP contribution is -2.48. The van der Waals surface area contributed by atoms with E-state index < -0.39 is 18.0 Å². The van der Waals surface area contributed by atoms with Gasteiger partial charge in [-0.15, -0.1) is 0 Å². The van der Waals surface area contributed by atoms with E-state index in [-0.39, 0.29) is 5.75 Å². The zero-order valence-corrected chi connectivity index (χ0v) is 12.9. The highest BCUT2D eigenvalue weighted by atomic mass is 32.2. The number of nitrogens with zero attached hydrogens (tertiary/aromatic N) is 1. The lowest BCUT2D eigenvalue weighted by Gasteiger charge is -2.24. The fourth-order valence-corrected chi connectivity index (χ4v) is 2.30. The summed E-state index contributed by atoms with van der Waals surface area (Å²) in [6, 6.07) is 4.87. The largest absolute Gasteiger partial charge is 0.508 e. The predicted molar refractivity (Wildman–Crippen MR) is 84.1 cm³/mol. The van der Waals surface area contributed by atoms with Crippen LogP contribution in [-0.2, 0) is 4.79 Å². The van der Waals surface area contributed by atoms with Gasteiger partial charge in [-0.2, -0.15) is 11.8 Å². The molecule has 6 nitrogen and oxygen atoms in total. The summed E-state index contributed by atoms with van der Waals surface area (Å²) in [5.74, 6) is -0.351. The number of carboxylic acids is 1. The van der Waals surface area contributed by atoms with Gasteiger partial charge in [0, 0.05) is 18.3 Å². The summed E-state index contributed by atoms with van der Waals surface area (Å²) in [4.78, 5) is 24.8. The Morgan fingerprint density at radius 2 is 2.14 bits per heavy atom. The van der Waals surface area contributed by atoms with Crippen LogP contribution in [-0.4, -0.2) is 46.8 Å². The minimum absolute atomic E-state index is 0.0518. The van der Waals surface area contributed by atoms with E-state index in [2.05, 4.69) is 5.32 Å². The second kappa shape index (κ2) is 8.41. The van der Waals surface area contributed by atoms with Gasteiger partial charge in [0.1, 0.15) is 11.8 Å². The van der Waals surface area contributed by atoms with Crippen molar-refractivity contribution in [2.45, 2.75) is 19.4 Å². The molecule has 0 spiro atoms. The van der Waals surface area contributed by atoms with E-state index in [9.17, 15) is 14.7 Å². The van der Waals surface area contributed by atoms with Crippen LogP contribution in [0.5, 0.6) is 5.75 Å². The van der Waals surface area contributed by atoms with Crippen molar-refractivity contribution in [3.8, 4) is 5.75 Å². The van der Waals surface area contributed by atoms with E-state index in [0.717, 1.165) is 0 Å². The SMILES string of the molecule is CCN(C(=O)N[C@@H](CCSC)C(=O)O)c1cccc(O)c1. The van der Waals surface area contributed by atoms with Crippen LogP contribution in [0.4, 0.5) is 10.5 Å². The molecule has 0 radical (unpaired) electrons. The molecule has 0 aliphatic heterocycles. The maximum absolute atomic E-state index is 12.2. The van der Waals surface area contributed by atoms with Crippen molar-refractivity contribution in [3.63, 3.8) is 0 Å². The van der Waals surface area contributed by atoms with E-state index in [0.29, 0.717) is 24.4 Å². The van der Waals surface area contributed by atoms with Gasteiger partial charge >= 0.3 is 12.0 Å². The van der Waals surface area contributed by atoms with Crippen LogP contribution in [0.3, 0.4) is 0 Å². The number of phenols is 1. The number of phenolic OH excluding ortho intramolecular Hbond substituents is 1. The summed E-state index contributed by atoms with van der Waals surface area (Å²) in [5.41, 5.74) is 0.518. The second-order valence-corrected chi connectivity index (χ2v) is 5.37. The molecule has 0 saturated heterocycles. The highest BCUT2D eigenvalue weighted by molar-refractivity contribution is 7.98. The van der Waals surface area contributed by atoms with E-state index >= 15 is 0 Å². The number of aliphatic carboxylic acids is 1. The summed E-state index contributed by atoms with van der Waals surface area (Å²) in [6.07, 6.45) is 2.24. The molecule has 2 amide bonds. The number of rotatable bonds is 7. The van der Waals surface area contributed by atoms with Gasteiger partial charge in [-0.1, -0.05) is 6.07 Å². The zero-order valence-electron chi connectivity index (χ0n) is 12.1. The third-order valence-corrected chi connectivity index (χ3v) is 3.55. The Hall–Kier alpha value is -1.89. The smallest absolute Gasteiger partial charge is 0.326 e. The van der Waals surface area contributed by atoms with E-state index in [4.69, 9.17) is 5.11 Å². The highest BCUT2D eigenvalue weighted by Gasteiger charge is 2.23. The first kappa shape index (κ1) is 17.2. The topological polar surface area (TPSA) is 89.9 Å². The lowest BCUT2D eigenvalue weighted by molar-refractivity contribution is -0.139. The first-order chi connectivity index (χ1) is 9.99. The van der Waals surface area contributed by atoms with Crippen LogP contribution >= 0.6 is 11.8 Å². The number of benzene rings is 1. The maximum atomic E-state index is 12.2. The summed E-state index contributed by atoms with van der Waals surface area (Å²) < 4.78 is 0. The normalized spacial score (nSPS) is 11.7. The first-order valence-corrected chi connectivity index (χ1v) is 7.97. The minimum atomic E-state index is -1.05. The molecule has 1 rings (SSSR count). The number of carboxylic acid groups (broad SMARTS) is 1. The second-order valence-electron chi connectivity index (χ2n) is 4.39. The quantitative estimate of drug-likeness (QED) is 0.717. The van der Waals surface area contributed by atoms with Crippen molar-refractivity contribution < 1.29 is 19.8 Å². The number of carbonyl (C=O) groups is 2. The van der Waals surface area contributed by atoms with E-state index in [1.54, 1.807) is 19.1 Å². The molecule has 1 aromatic rings. The lowest BCUT2D eigenvalue weighted by atomic mass is 10.2. The fraction of sp³-hybridized carbons (Fsp3) is 0.429. The van der Waals surface area contributed by atoms with Gasteiger partial charge in [0.15, 0.2) is 0 Å². The van der Waals surface area contributed by atoms with Gasteiger partial charge in [0.25, 0.3) is 0 Å². The molecule has 3 N–H and O–H groups in total. The van der Waals surface area contributed by atoms with Crippen LogP contribution < -0.4 is 10.2 Å². The number of nitrogens with one attached hydrogen (secondary N) is 1. The molecule has 0 aliphatic carbocycles. The number of anilines is 1. The molecule has 0 fully saturated rings. The summed E-state index contributed by atoms with van der Waals surface area (Å²) in [6.45, 7) is 2.14. The summed E-state index contributed by atoms with van der Waals surface area (Å²) >= 11 is 1.53. The van der Waals surface area contributed by atoms with Crippen LogP contribution in [0.25, 0.3) is 0 Å². The van der Waals surface area contributed by atoms with Crippen molar-refractivity contribution in [1.29, 1.82) is 0 Å². The van der Waals surface area contributed by atoms with E-state index in [1.165, 1.54) is 28.8 Å². The Kier molecular flexibility index (Phi) is 6.87. The Labute approximate surface area is 128 Å². The van der Waals surface area contributed by atoms with Gasteiger partial charge in [-0.05, 0) is 37.5 Å². The van der Waals surface area contributed by atoms with Crippen molar-refractivity contribution in [1.82, 2.24) is 5.32 Å². The average molecular weight is 312 g/mol. The molecular weight excluding hydrogens is 292 g/mol. The van der Waals surface area contributed by atoms with Crippen LogP contribution in [0.1, 0.15) is 13.3 Å². The van der Waals surface area contributed by atoms with Crippen molar-refractivity contribution in [2.24, 2.45) is 0 Å².